The standard InChI is InChI=1S/C16H23N3O5/c1-23-12-4-3-11(9-13(12)24-2)7-8-18-15(21)5-6-16(22)19-10-14(17)20/h3-4,9H,5-8,10H2,1-2H3,(H2,17,20)(H,18,21)(H,19,22). The summed E-state index contributed by atoms with van der Waals surface area (Å²) in [7, 11) is 3.13. The summed E-state index contributed by atoms with van der Waals surface area (Å²) < 4.78 is 10.4. The van der Waals surface area contributed by atoms with Crippen molar-refractivity contribution in [3.8, 4) is 11.5 Å². The number of nitrogens with one attached hydrogen (secondary N) is 2. The van der Waals surface area contributed by atoms with Gasteiger partial charge in [-0.05, 0) is 24.1 Å². The van der Waals surface area contributed by atoms with E-state index in [9.17, 15) is 14.4 Å². The summed E-state index contributed by atoms with van der Waals surface area (Å²) in [5, 5.41) is 5.06. The van der Waals surface area contributed by atoms with Crippen LogP contribution in [0.4, 0.5) is 0 Å². The van der Waals surface area contributed by atoms with E-state index in [2.05, 4.69) is 10.6 Å². The van der Waals surface area contributed by atoms with Crippen molar-refractivity contribution in [2.45, 2.75) is 19.3 Å². The fraction of sp³-hybridized carbons (Fsp3) is 0.438. The molecule has 0 radical (unpaired) electrons. The van der Waals surface area contributed by atoms with Gasteiger partial charge in [0.1, 0.15) is 0 Å². The van der Waals surface area contributed by atoms with Gasteiger partial charge in [0.15, 0.2) is 11.5 Å². The third-order valence-electron chi connectivity index (χ3n) is 3.22. The molecule has 0 fully saturated rings. The van der Waals surface area contributed by atoms with Crippen LogP contribution in [0.2, 0.25) is 0 Å². The number of amides is 3. The molecule has 1 aromatic rings. The second-order valence-corrected chi connectivity index (χ2v) is 5.03. The Hall–Kier alpha value is -2.77. The molecule has 0 aliphatic heterocycles. The minimum absolute atomic E-state index is 0.00940. The fourth-order valence-electron chi connectivity index (χ4n) is 1.97. The molecular formula is C16H23N3O5. The second kappa shape index (κ2) is 10.1. The molecule has 4 N–H and O–H groups in total. The first-order chi connectivity index (χ1) is 11.5. The number of hydrogen-bond acceptors (Lipinski definition) is 5. The van der Waals surface area contributed by atoms with Gasteiger partial charge in [0.05, 0.1) is 20.8 Å². The van der Waals surface area contributed by atoms with Gasteiger partial charge in [-0.2, -0.15) is 0 Å². The Labute approximate surface area is 140 Å². The maximum absolute atomic E-state index is 11.7. The van der Waals surface area contributed by atoms with E-state index in [0.29, 0.717) is 24.5 Å². The van der Waals surface area contributed by atoms with Crippen molar-refractivity contribution < 1.29 is 23.9 Å². The zero-order valence-electron chi connectivity index (χ0n) is 13.9. The van der Waals surface area contributed by atoms with Crippen LogP contribution >= 0.6 is 0 Å². The van der Waals surface area contributed by atoms with Crippen molar-refractivity contribution >= 4 is 17.7 Å². The molecule has 0 aromatic heterocycles. The Morgan fingerprint density at radius 1 is 1.00 bits per heavy atom. The van der Waals surface area contributed by atoms with Crippen molar-refractivity contribution in [1.29, 1.82) is 0 Å². The maximum Gasteiger partial charge on any atom is 0.236 e. The molecule has 1 rings (SSSR count). The number of primary amides is 1. The highest BCUT2D eigenvalue weighted by atomic mass is 16.5. The highest BCUT2D eigenvalue weighted by Gasteiger charge is 2.08. The van der Waals surface area contributed by atoms with E-state index < -0.39 is 5.91 Å². The molecule has 0 saturated heterocycles. The Morgan fingerprint density at radius 2 is 1.62 bits per heavy atom. The largest absolute Gasteiger partial charge is 0.493 e. The molecule has 8 nitrogen and oxygen atoms in total. The number of ether oxygens (including phenoxy) is 2. The molecule has 0 bridgehead atoms. The van der Waals surface area contributed by atoms with Crippen LogP contribution in [0.3, 0.4) is 0 Å². The molecule has 0 heterocycles. The SMILES string of the molecule is COc1ccc(CCNC(=O)CCC(=O)NCC(N)=O)cc1OC. The fourth-order valence-corrected chi connectivity index (χ4v) is 1.97. The van der Waals surface area contributed by atoms with Crippen molar-refractivity contribution in [1.82, 2.24) is 10.6 Å². The number of carbonyl (C=O) groups excluding carboxylic acids is 3. The number of nitrogens with two attached hydrogens (primary N) is 1. The van der Waals surface area contributed by atoms with Gasteiger partial charge in [-0.1, -0.05) is 6.07 Å². The van der Waals surface area contributed by atoms with Crippen LogP contribution in [0.5, 0.6) is 11.5 Å². The Morgan fingerprint density at radius 3 is 2.21 bits per heavy atom. The van der Waals surface area contributed by atoms with E-state index in [1.165, 1.54) is 0 Å². The van der Waals surface area contributed by atoms with Gasteiger partial charge in [0.25, 0.3) is 0 Å². The number of hydrogen-bond donors (Lipinski definition) is 3. The molecule has 3 amide bonds. The van der Waals surface area contributed by atoms with Gasteiger partial charge in [-0.3, -0.25) is 14.4 Å². The highest BCUT2D eigenvalue weighted by molar-refractivity contribution is 5.86. The molecule has 132 valence electrons. The lowest BCUT2D eigenvalue weighted by atomic mass is 10.1. The number of rotatable bonds is 10. The molecule has 0 unspecified atom stereocenters. The Bertz CT molecular complexity index is 589. The maximum atomic E-state index is 11.7. The molecule has 8 heteroatoms. The summed E-state index contributed by atoms with van der Waals surface area (Å²) in [5.74, 6) is 0.0379. The second-order valence-electron chi connectivity index (χ2n) is 5.03. The van der Waals surface area contributed by atoms with Gasteiger partial charge in [-0.15, -0.1) is 0 Å². The molecular weight excluding hydrogens is 314 g/mol. The quantitative estimate of drug-likeness (QED) is 0.543. The minimum Gasteiger partial charge on any atom is -0.493 e. The lowest BCUT2D eigenvalue weighted by Gasteiger charge is -2.10. The third-order valence-corrected chi connectivity index (χ3v) is 3.22. The minimum atomic E-state index is -0.622. The summed E-state index contributed by atoms with van der Waals surface area (Å²) in [5.41, 5.74) is 5.90. The van der Waals surface area contributed by atoms with Crippen LogP contribution in [0.25, 0.3) is 0 Å². The zero-order chi connectivity index (χ0) is 17.9. The van der Waals surface area contributed by atoms with Crippen molar-refractivity contribution in [2.24, 2.45) is 5.73 Å². The summed E-state index contributed by atoms with van der Waals surface area (Å²) in [6, 6.07) is 5.55. The first-order valence-corrected chi connectivity index (χ1v) is 7.49. The van der Waals surface area contributed by atoms with Crippen molar-refractivity contribution in [2.75, 3.05) is 27.3 Å². The smallest absolute Gasteiger partial charge is 0.236 e. The summed E-state index contributed by atoms with van der Waals surface area (Å²) in [6.45, 7) is 0.219. The number of carbonyl (C=O) groups is 3. The molecule has 1 aromatic carbocycles. The lowest BCUT2D eigenvalue weighted by molar-refractivity contribution is -0.127. The Balaban J connectivity index is 2.30. The van der Waals surface area contributed by atoms with Gasteiger partial charge in [-0.25, -0.2) is 0 Å². The van der Waals surface area contributed by atoms with E-state index >= 15 is 0 Å². The monoisotopic (exact) mass is 337 g/mol. The van der Waals surface area contributed by atoms with Gasteiger partial charge in [0.2, 0.25) is 17.7 Å². The normalized spacial score (nSPS) is 9.92. The van der Waals surface area contributed by atoms with Crippen LogP contribution < -0.4 is 25.8 Å². The first-order valence-electron chi connectivity index (χ1n) is 7.49. The average molecular weight is 337 g/mol. The summed E-state index contributed by atoms with van der Waals surface area (Å²) in [6.07, 6.45) is 0.686. The van der Waals surface area contributed by atoms with Crippen LogP contribution in [0.15, 0.2) is 18.2 Å². The van der Waals surface area contributed by atoms with Crippen molar-refractivity contribution in [3.63, 3.8) is 0 Å². The van der Waals surface area contributed by atoms with Crippen LogP contribution in [0.1, 0.15) is 18.4 Å². The first kappa shape index (κ1) is 19.3. The molecule has 0 atom stereocenters. The van der Waals surface area contributed by atoms with Crippen LogP contribution in [-0.2, 0) is 20.8 Å². The van der Waals surface area contributed by atoms with E-state index in [-0.39, 0.29) is 31.2 Å². The predicted molar refractivity (Wildman–Crippen MR) is 87.7 cm³/mol. The lowest BCUT2D eigenvalue weighted by Crippen LogP contribution is -2.34. The van der Waals surface area contributed by atoms with E-state index in [4.69, 9.17) is 15.2 Å². The molecule has 0 saturated carbocycles. The highest BCUT2D eigenvalue weighted by Crippen LogP contribution is 2.27. The van der Waals surface area contributed by atoms with E-state index in [0.717, 1.165) is 5.56 Å². The number of benzene rings is 1. The molecule has 0 aliphatic rings. The topological polar surface area (TPSA) is 120 Å². The van der Waals surface area contributed by atoms with Gasteiger partial charge in [0, 0.05) is 19.4 Å². The van der Waals surface area contributed by atoms with Gasteiger partial charge >= 0.3 is 0 Å². The molecule has 0 aliphatic carbocycles. The van der Waals surface area contributed by atoms with Crippen molar-refractivity contribution in [3.05, 3.63) is 23.8 Å². The number of methoxy groups -OCH3 is 2. The van der Waals surface area contributed by atoms with Crippen LogP contribution in [-0.4, -0.2) is 45.0 Å². The van der Waals surface area contributed by atoms with E-state index in [1.54, 1.807) is 20.3 Å². The molecule has 24 heavy (non-hydrogen) atoms. The zero-order valence-corrected chi connectivity index (χ0v) is 13.9. The third kappa shape index (κ3) is 6.99. The predicted octanol–water partition coefficient (Wildman–Crippen LogP) is -0.256. The summed E-state index contributed by atoms with van der Waals surface area (Å²) in [4.78, 5) is 33.5. The van der Waals surface area contributed by atoms with Crippen LogP contribution in [0, 0.1) is 0 Å². The van der Waals surface area contributed by atoms with E-state index in [1.807, 2.05) is 12.1 Å². The summed E-state index contributed by atoms with van der Waals surface area (Å²) >= 11 is 0. The Kier molecular flexibility index (Phi) is 8.10. The molecule has 0 spiro atoms. The average Bonchev–Trinajstić information content (AvgIpc) is 2.57. The van der Waals surface area contributed by atoms with Gasteiger partial charge < -0.3 is 25.8 Å².